The summed E-state index contributed by atoms with van der Waals surface area (Å²) in [5.41, 5.74) is 2.61. The van der Waals surface area contributed by atoms with E-state index in [2.05, 4.69) is 16.5 Å². The molecule has 4 aromatic rings. The number of esters is 1. The highest BCUT2D eigenvalue weighted by Crippen LogP contribution is 2.27. The Bertz CT molecular complexity index is 1590. The Kier molecular flexibility index (Phi) is 7.20. The second-order valence-corrected chi connectivity index (χ2v) is 8.98. The van der Waals surface area contributed by atoms with E-state index in [4.69, 9.17) is 4.74 Å². The van der Waals surface area contributed by atoms with Crippen LogP contribution in [0.25, 0.3) is 10.8 Å². The number of amides is 1. The van der Waals surface area contributed by atoms with E-state index in [9.17, 15) is 19.6 Å². The summed E-state index contributed by atoms with van der Waals surface area (Å²) in [6.45, 7) is 7.15. The fourth-order valence-corrected chi connectivity index (χ4v) is 4.17. The standard InChI is InChI=1S/C28H27N5O4/c1-17(2)33-27(35)22-13-9-8-12-21(22)25(31-33)28(36)37-16-24(34)30-26-23(14-29)18(3)19(4)32(26)15-20-10-6-5-7-11-20/h5-13,17H,15-16H2,1-4H3,(H,30,34). The summed E-state index contributed by atoms with van der Waals surface area (Å²) in [7, 11) is 0. The second kappa shape index (κ2) is 10.5. The van der Waals surface area contributed by atoms with Crippen molar-refractivity contribution in [3.8, 4) is 6.07 Å². The number of aromatic nitrogens is 3. The first-order chi connectivity index (χ1) is 17.7. The van der Waals surface area contributed by atoms with Gasteiger partial charge in [0.2, 0.25) is 0 Å². The number of hydrogen-bond donors (Lipinski definition) is 1. The third-order valence-electron chi connectivity index (χ3n) is 6.23. The van der Waals surface area contributed by atoms with E-state index >= 15 is 0 Å². The predicted octanol–water partition coefficient (Wildman–Crippen LogP) is 4.11. The Morgan fingerprint density at radius 2 is 1.70 bits per heavy atom. The van der Waals surface area contributed by atoms with E-state index in [1.807, 2.05) is 48.7 Å². The molecule has 0 aliphatic rings. The molecule has 0 saturated heterocycles. The van der Waals surface area contributed by atoms with Gasteiger partial charge in [-0.15, -0.1) is 0 Å². The number of ether oxygens (including phenoxy) is 1. The number of nitriles is 1. The third kappa shape index (κ3) is 5.00. The van der Waals surface area contributed by atoms with Crippen LogP contribution < -0.4 is 10.9 Å². The summed E-state index contributed by atoms with van der Waals surface area (Å²) in [6.07, 6.45) is 0. The van der Waals surface area contributed by atoms with E-state index in [1.54, 1.807) is 38.1 Å². The highest BCUT2D eigenvalue weighted by Gasteiger charge is 2.22. The molecule has 2 aromatic carbocycles. The number of anilines is 1. The largest absolute Gasteiger partial charge is 0.451 e. The number of hydrogen-bond acceptors (Lipinski definition) is 6. The van der Waals surface area contributed by atoms with Gasteiger partial charge < -0.3 is 14.6 Å². The first-order valence-electron chi connectivity index (χ1n) is 11.8. The van der Waals surface area contributed by atoms with Crippen LogP contribution in [0, 0.1) is 25.2 Å². The molecule has 9 nitrogen and oxygen atoms in total. The van der Waals surface area contributed by atoms with Crippen molar-refractivity contribution < 1.29 is 14.3 Å². The molecule has 188 valence electrons. The Morgan fingerprint density at radius 1 is 1.05 bits per heavy atom. The number of fused-ring (bicyclic) bond motifs is 1. The van der Waals surface area contributed by atoms with Crippen LogP contribution in [0.1, 0.15) is 52.8 Å². The van der Waals surface area contributed by atoms with E-state index in [1.165, 1.54) is 4.68 Å². The zero-order chi connectivity index (χ0) is 26.7. The normalized spacial score (nSPS) is 10.9. The lowest BCUT2D eigenvalue weighted by atomic mass is 10.1. The van der Waals surface area contributed by atoms with Gasteiger partial charge in [-0.1, -0.05) is 48.5 Å². The molecule has 0 aliphatic carbocycles. The van der Waals surface area contributed by atoms with E-state index in [0.717, 1.165) is 16.8 Å². The van der Waals surface area contributed by atoms with Crippen LogP contribution in [0.5, 0.6) is 0 Å². The molecule has 0 aliphatic heterocycles. The Balaban J connectivity index is 1.57. The van der Waals surface area contributed by atoms with Gasteiger partial charge in [-0.3, -0.25) is 9.59 Å². The summed E-state index contributed by atoms with van der Waals surface area (Å²) in [5, 5.41) is 17.4. The topological polar surface area (TPSA) is 119 Å². The van der Waals surface area contributed by atoms with Crippen molar-refractivity contribution in [1.82, 2.24) is 14.3 Å². The molecule has 4 rings (SSSR count). The molecule has 9 heteroatoms. The number of nitrogens with zero attached hydrogens (tertiary/aromatic N) is 4. The summed E-state index contributed by atoms with van der Waals surface area (Å²) in [6, 6.07) is 18.2. The minimum Gasteiger partial charge on any atom is -0.451 e. The molecule has 2 heterocycles. The van der Waals surface area contributed by atoms with Crippen molar-refractivity contribution in [3.05, 3.63) is 93.0 Å². The summed E-state index contributed by atoms with van der Waals surface area (Å²) < 4.78 is 8.37. The van der Waals surface area contributed by atoms with Gasteiger partial charge in [0.25, 0.3) is 11.5 Å². The van der Waals surface area contributed by atoms with Gasteiger partial charge in [-0.05, 0) is 44.9 Å². The molecule has 0 fully saturated rings. The first-order valence-corrected chi connectivity index (χ1v) is 11.8. The molecule has 0 atom stereocenters. The highest BCUT2D eigenvalue weighted by atomic mass is 16.5. The molecule has 0 radical (unpaired) electrons. The molecule has 1 amide bonds. The van der Waals surface area contributed by atoms with Crippen molar-refractivity contribution in [3.63, 3.8) is 0 Å². The fraction of sp³-hybridized carbons (Fsp3) is 0.250. The van der Waals surface area contributed by atoms with E-state index in [-0.39, 0.29) is 17.3 Å². The number of nitrogens with one attached hydrogen (secondary N) is 1. The van der Waals surface area contributed by atoms with E-state index in [0.29, 0.717) is 28.7 Å². The lowest BCUT2D eigenvalue weighted by Crippen LogP contribution is -2.29. The minimum atomic E-state index is -0.826. The molecule has 0 spiro atoms. The van der Waals surface area contributed by atoms with Crippen molar-refractivity contribution in [2.75, 3.05) is 11.9 Å². The molecule has 2 aromatic heterocycles. The smallest absolute Gasteiger partial charge is 0.359 e. The summed E-state index contributed by atoms with van der Waals surface area (Å²) in [5.74, 6) is -1.08. The zero-order valence-corrected chi connectivity index (χ0v) is 21.1. The Hall–Kier alpha value is -4.71. The number of benzene rings is 2. The van der Waals surface area contributed by atoms with Crippen LogP contribution in [-0.4, -0.2) is 32.8 Å². The quantitative estimate of drug-likeness (QED) is 0.384. The van der Waals surface area contributed by atoms with Gasteiger partial charge in [0.1, 0.15) is 11.9 Å². The monoisotopic (exact) mass is 497 g/mol. The molecule has 0 saturated carbocycles. The maximum Gasteiger partial charge on any atom is 0.359 e. The highest BCUT2D eigenvalue weighted by molar-refractivity contribution is 6.03. The van der Waals surface area contributed by atoms with Crippen LogP contribution in [-0.2, 0) is 16.1 Å². The summed E-state index contributed by atoms with van der Waals surface area (Å²) >= 11 is 0. The SMILES string of the molecule is Cc1c(C#N)c(NC(=O)COC(=O)c2nn(C(C)C)c(=O)c3ccccc23)n(Cc2ccccc2)c1C. The van der Waals surface area contributed by atoms with Gasteiger partial charge in [0.15, 0.2) is 12.3 Å². The number of carbonyl (C=O) groups excluding carboxylic acids is 2. The minimum absolute atomic E-state index is 0.0476. The molecular weight excluding hydrogens is 470 g/mol. The van der Waals surface area contributed by atoms with Crippen LogP contribution in [0.4, 0.5) is 5.82 Å². The van der Waals surface area contributed by atoms with Crippen LogP contribution >= 0.6 is 0 Å². The fourth-order valence-electron chi connectivity index (χ4n) is 4.17. The Morgan fingerprint density at radius 3 is 2.35 bits per heavy atom. The average Bonchev–Trinajstić information content (AvgIpc) is 3.11. The van der Waals surface area contributed by atoms with Crippen LogP contribution in [0.3, 0.4) is 0 Å². The first kappa shape index (κ1) is 25.4. The average molecular weight is 498 g/mol. The van der Waals surface area contributed by atoms with Gasteiger partial charge >= 0.3 is 5.97 Å². The second-order valence-electron chi connectivity index (χ2n) is 8.98. The van der Waals surface area contributed by atoms with E-state index < -0.39 is 18.5 Å². The van der Waals surface area contributed by atoms with Crippen molar-refractivity contribution >= 4 is 28.5 Å². The van der Waals surface area contributed by atoms with Crippen LogP contribution in [0.15, 0.2) is 59.4 Å². The Labute approximate surface area is 213 Å². The molecule has 0 bridgehead atoms. The van der Waals surface area contributed by atoms with Crippen molar-refractivity contribution in [2.24, 2.45) is 0 Å². The molecule has 37 heavy (non-hydrogen) atoms. The summed E-state index contributed by atoms with van der Waals surface area (Å²) in [4.78, 5) is 38.5. The van der Waals surface area contributed by atoms with Gasteiger partial charge in [0.05, 0.1) is 17.0 Å². The lowest BCUT2D eigenvalue weighted by Gasteiger charge is -2.14. The number of rotatable bonds is 7. The van der Waals surface area contributed by atoms with Gasteiger partial charge in [-0.2, -0.15) is 10.4 Å². The van der Waals surface area contributed by atoms with Gasteiger partial charge in [0, 0.05) is 17.6 Å². The molecule has 0 unspecified atom stereocenters. The predicted molar refractivity (Wildman–Crippen MR) is 139 cm³/mol. The van der Waals surface area contributed by atoms with Crippen molar-refractivity contribution in [2.45, 2.75) is 40.3 Å². The third-order valence-corrected chi connectivity index (χ3v) is 6.23. The lowest BCUT2D eigenvalue weighted by molar-refractivity contribution is -0.119. The zero-order valence-electron chi connectivity index (χ0n) is 21.1. The van der Waals surface area contributed by atoms with Crippen molar-refractivity contribution in [1.29, 1.82) is 5.26 Å². The maximum absolute atomic E-state index is 13.0. The number of carbonyl (C=O) groups is 2. The van der Waals surface area contributed by atoms with Crippen LogP contribution in [0.2, 0.25) is 0 Å². The maximum atomic E-state index is 13.0. The molecular formula is C28H27N5O4. The van der Waals surface area contributed by atoms with Gasteiger partial charge in [-0.25, -0.2) is 9.48 Å². The molecule has 1 N–H and O–H groups in total.